The van der Waals surface area contributed by atoms with Crippen molar-refractivity contribution in [2.24, 2.45) is 5.73 Å². The summed E-state index contributed by atoms with van der Waals surface area (Å²) in [5.41, 5.74) is 8.17. The molecular weight excluding hydrogens is 338 g/mol. The lowest BCUT2D eigenvalue weighted by atomic mass is 9.80. The highest BCUT2D eigenvalue weighted by atomic mass is 32.1. The van der Waals surface area contributed by atoms with Crippen LogP contribution in [-0.2, 0) is 10.3 Å². The van der Waals surface area contributed by atoms with Crippen molar-refractivity contribution in [2.45, 2.75) is 12.0 Å². The van der Waals surface area contributed by atoms with Gasteiger partial charge in [-0.25, -0.2) is 0 Å². The van der Waals surface area contributed by atoms with Crippen LogP contribution in [0, 0.1) is 0 Å². The van der Waals surface area contributed by atoms with E-state index in [0.29, 0.717) is 19.6 Å². The summed E-state index contributed by atoms with van der Waals surface area (Å²) in [4.78, 5) is 0.833. The molecule has 0 aromatic heterocycles. The molecule has 132 valence electrons. The van der Waals surface area contributed by atoms with E-state index >= 15 is 0 Å². The van der Waals surface area contributed by atoms with E-state index in [9.17, 15) is 0 Å². The lowest BCUT2D eigenvalue weighted by Gasteiger charge is -2.36. The van der Waals surface area contributed by atoms with Crippen LogP contribution >= 0.6 is 12.2 Å². The maximum Gasteiger partial charge on any atom is 0.144 e. The molecule has 0 aliphatic heterocycles. The Bertz CT molecular complexity index is 722. The smallest absolute Gasteiger partial charge is 0.144 e. The normalized spacial score (nSPS) is 11.3. The molecule has 26 heavy (non-hydrogen) atoms. The number of thiocarbonyl (C=S) groups is 1. The number of benzene rings is 3. The monoisotopic (exact) mass is 361 g/mol. The topological polar surface area (TPSA) is 35.2 Å². The summed E-state index contributed by atoms with van der Waals surface area (Å²) in [5, 5.41) is 0. The number of hydrogen-bond donors (Lipinski definition) is 1. The average molecular weight is 362 g/mol. The van der Waals surface area contributed by atoms with Gasteiger partial charge in [0.25, 0.3) is 0 Å². The van der Waals surface area contributed by atoms with Gasteiger partial charge in [-0.15, -0.1) is 0 Å². The second kappa shape index (κ2) is 8.86. The minimum Gasteiger partial charge on any atom is -0.356 e. The zero-order valence-corrected chi connectivity index (χ0v) is 15.5. The molecule has 2 N–H and O–H groups in total. The quantitative estimate of drug-likeness (QED) is 0.466. The van der Waals surface area contributed by atoms with Crippen molar-refractivity contribution in [3.63, 3.8) is 0 Å². The molecule has 0 aliphatic rings. The first-order valence-corrected chi connectivity index (χ1v) is 9.20. The molecule has 0 heterocycles. The highest BCUT2D eigenvalue weighted by Gasteiger charge is 2.37. The van der Waals surface area contributed by atoms with Gasteiger partial charge in [-0.1, -0.05) is 103 Å². The SMILES string of the molecule is NCCC(=S)COC(c1ccccc1)(c1ccccc1)c1ccccc1. The molecule has 0 saturated carbocycles. The molecule has 2 nitrogen and oxygen atoms in total. The predicted molar refractivity (Wildman–Crippen MR) is 111 cm³/mol. The second-order valence-corrected chi connectivity index (χ2v) is 6.72. The molecule has 0 saturated heterocycles. The van der Waals surface area contributed by atoms with Crippen LogP contribution in [0.4, 0.5) is 0 Å². The second-order valence-electron chi connectivity index (χ2n) is 6.15. The van der Waals surface area contributed by atoms with E-state index in [2.05, 4.69) is 36.4 Å². The maximum atomic E-state index is 6.61. The van der Waals surface area contributed by atoms with Gasteiger partial charge in [-0.3, -0.25) is 0 Å². The highest BCUT2D eigenvalue weighted by Crippen LogP contribution is 2.40. The molecule has 0 aliphatic carbocycles. The molecule has 3 heteroatoms. The van der Waals surface area contributed by atoms with Crippen molar-refractivity contribution in [3.8, 4) is 0 Å². The molecule has 3 aromatic rings. The third-order valence-electron chi connectivity index (χ3n) is 4.41. The van der Waals surface area contributed by atoms with Crippen molar-refractivity contribution in [1.82, 2.24) is 0 Å². The van der Waals surface area contributed by atoms with Crippen LogP contribution < -0.4 is 5.73 Å². The van der Waals surface area contributed by atoms with Crippen LogP contribution in [0.25, 0.3) is 0 Å². The standard InChI is InChI=1S/C23H23NOS/c24-17-16-22(26)18-25-23(19-10-4-1-5-11-19,20-12-6-2-7-13-20)21-14-8-3-9-15-21/h1-15H,16-18,24H2. The minimum atomic E-state index is -0.720. The Morgan fingerprint density at radius 3 is 1.46 bits per heavy atom. The van der Waals surface area contributed by atoms with Gasteiger partial charge in [-0.2, -0.15) is 0 Å². The fraction of sp³-hybridized carbons (Fsp3) is 0.174. The van der Waals surface area contributed by atoms with Crippen LogP contribution in [0.1, 0.15) is 23.1 Å². The number of rotatable bonds is 8. The van der Waals surface area contributed by atoms with Gasteiger partial charge in [0.05, 0.1) is 6.61 Å². The summed E-state index contributed by atoms with van der Waals surface area (Å²) in [6.45, 7) is 0.919. The molecule has 0 amide bonds. The van der Waals surface area contributed by atoms with Crippen LogP contribution in [-0.4, -0.2) is 18.0 Å². The van der Waals surface area contributed by atoms with Crippen LogP contribution in [0.5, 0.6) is 0 Å². The zero-order chi connectivity index (χ0) is 18.2. The largest absolute Gasteiger partial charge is 0.356 e. The van der Waals surface area contributed by atoms with Gasteiger partial charge in [0, 0.05) is 4.86 Å². The third-order valence-corrected chi connectivity index (χ3v) is 4.74. The Morgan fingerprint density at radius 1 is 0.731 bits per heavy atom. The van der Waals surface area contributed by atoms with Gasteiger partial charge in [0.15, 0.2) is 0 Å². The molecule has 3 aromatic carbocycles. The molecule has 0 atom stereocenters. The van der Waals surface area contributed by atoms with Crippen LogP contribution in [0.3, 0.4) is 0 Å². The fourth-order valence-corrected chi connectivity index (χ4v) is 3.37. The van der Waals surface area contributed by atoms with E-state index in [1.54, 1.807) is 0 Å². The van der Waals surface area contributed by atoms with E-state index in [1.807, 2.05) is 54.6 Å². The van der Waals surface area contributed by atoms with Gasteiger partial charge in [0.2, 0.25) is 0 Å². The summed E-state index contributed by atoms with van der Waals surface area (Å²) in [5.74, 6) is 0. The van der Waals surface area contributed by atoms with Crippen molar-refractivity contribution < 1.29 is 4.74 Å². The summed E-state index contributed by atoms with van der Waals surface area (Å²) in [7, 11) is 0. The van der Waals surface area contributed by atoms with Crippen molar-refractivity contribution in [1.29, 1.82) is 0 Å². The Labute approximate surface area is 160 Å². The van der Waals surface area contributed by atoms with Crippen molar-refractivity contribution in [2.75, 3.05) is 13.2 Å². The fourth-order valence-electron chi connectivity index (χ4n) is 3.19. The first-order valence-electron chi connectivity index (χ1n) is 8.79. The van der Waals surface area contributed by atoms with E-state index < -0.39 is 5.60 Å². The van der Waals surface area contributed by atoms with Gasteiger partial charge in [0.1, 0.15) is 5.60 Å². The summed E-state index contributed by atoms with van der Waals surface area (Å²) in [6.07, 6.45) is 0.684. The molecule has 0 spiro atoms. The minimum absolute atomic E-state index is 0.380. The van der Waals surface area contributed by atoms with E-state index in [-0.39, 0.29) is 0 Å². The Hall–Kier alpha value is -2.33. The number of nitrogens with two attached hydrogens (primary N) is 1. The first kappa shape index (κ1) is 18.5. The maximum absolute atomic E-state index is 6.61. The van der Waals surface area contributed by atoms with Crippen LogP contribution in [0.2, 0.25) is 0 Å². The summed E-state index contributed by atoms with van der Waals surface area (Å²) < 4.78 is 6.61. The lowest BCUT2D eigenvalue weighted by molar-refractivity contribution is 0.0390. The number of hydrogen-bond acceptors (Lipinski definition) is 3. The Morgan fingerprint density at radius 2 is 1.12 bits per heavy atom. The van der Waals surface area contributed by atoms with E-state index in [0.717, 1.165) is 21.6 Å². The van der Waals surface area contributed by atoms with Crippen molar-refractivity contribution in [3.05, 3.63) is 108 Å². The average Bonchev–Trinajstić information content (AvgIpc) is 2.71. The first-order chi connectivity index (χ1) is 12.8. The lowest BCUT2D eigenvalue weighted by Crippen LogP contribution is -2.34. The molecule has 0 bridgehead atoms. The number of ether oxygens (including phenoxy) is 1. The van der Waals surface area contributed by atoms with Crippen molar-refractivity contribution >= 4 is 17.1 Å². The van der Waals surface area contributed by atoms with Gasteiger partial charge < -0.3 is 10.5 Å². The van der Waals surface area contributed by atoms with E-state index in [4.69, 9.17) is 22.7 Å². The van der Waals surface area contributed by atoms with Gasteiger partial charge >= 0.3 is 0 Å². The predicted octanol–water partition coefficient (Wildman–Crippen LogP) is 4.71. The van der Waals surface area contributed by atoms with Gasteiger partial charge in [-0.05, 0) is 29.7 Å². The highest BCUT2D eigenvalue weighted by molar-refractivity contribution is 7.80. The van der Waals surface area contributed by atoms with Crippen LogP contribution in [0.15, 0.2) is 91.0 Å². The van der Waals surface area contributed by atoms with E-state index in [1.165, 1.54) is 0 Å². The Kier molecular flexibility index (Phi) is 6.29. The molecular formula is C23H23NOS. The zero-order valence-electron chi connectivity index (χ0n) is 14.7. The Balaban J connectivity index is 2.16. The molecule has 3 rings (SSSR count). The molecule has 0 unspecified atom stereocenters. The third kappa shape index (κ3) is 3.91. The molecule has 0 radical (unpaired) electrons. The summed E-state index contributed by atoms with van der Waals surface area (Å²) >= 11 is 5.47. The summed E-state index contributed by atoms with van der Waals surface area (Å²) in [6, 6.07) is 30.9. The molecule has 0 fully saturated rings.